The highest BCUT2D eigenvalue weighted by molar-refractivity contribution is 6.42. The van der Waals surface area contributed by atoms with Crippen molar-refractivity contribution >= 4 is 17.5 Å². The van der Waals surface area contributed by atoms with Gasteiger partial charge in [0.2, 0.25) is 12.6 Å². The van der Waals surface area contributed by atoms with Gasteiger partial charge in [-0.05, 0) is 48.7 Å². The fourth-order valence-corrected chi connectivity index (χ4v) is 4.13. The predicted octanol–water partition coefficient (Wildman–Crippen LogP) is 2.33. The van der Waals surface area contributed by atoms with Gasteiger partial charge in [0.25, 0.3) is 5.91 Å². The van der Waals surface area contributed by atoms with Crippen molar-refractivity contribution in [1.29, 1.82) is 0 Å². The van der Waals surface area contributed by atoms with Crippen LogP contribution in [0.4, 0.5) is 0 Å². The van der Waals surface area contributed by atoms with Crippen molar-refractivity contribution in [1.82, 2.24) is 4.90 Å². The van der Waals surface area contributed by atoms with Gasteiger partial charge in [-0.2, -0.15) is 0 Å². The first kappa shape index (κ1) is 20.7. The molecule has 2 unspecified atom stereocenters. The van der Waals surface area contributed by atoms with Crippen LogP contribution in [0.2, 0.25) is 0 Å². The van der Waals surface area contributed by atoms with Crippen molar-refractivity contribution < 1.29 is 33.3 Å². The molecule has 0 bridgehead atoms. The van der Waals surface area contributed by atoms with E-state index in [0.29, 0.717) is 35.0 Å². The molecule has 2 atom stereocenters. The Labute approximate surface area is 179 Å². The minimum atomic E-state index is -1.04. The zero-order valence-electron chi connectivity index (χ0n) is 17.5. The second kappa shape index (κ2) is 8.29. The number of ether oxygens (including phenoxy) is 4. The second-order valence-electron chi connectivity index (χ2n) is 7.45. The summed E-state index contributed by atoms with van der Waals surface area (Å²) in [6, 6.07) is 10.0. The number of carbonyl (C=O) groups is 3. The van der Waals surface area contributed by atoms with E-state index >= 15 is 0 Å². The van der Waals surface area contributed by atoms with Crippen molar-refractivity contribution in [3.05, 3.63) is 47.5 Å². The molecule has 8 heteroatoms. The van der Waals surface area contributed by atoms with Crippen LogP contribution in [-0.4, -0.2) is 49.9 Å². The number of nitrogens with zero attached hydrogens (tertiary/aromatic N) is 1. The van der Waals surface area contributed by atoms with Crippen LogP contribution in [0.25, 0.3) is 0 Å². The number of methoxy groups -OCH3 is 2. The lowest BCUT2D eigenvalue weighted by Gasteiger charge is -2.27. The highest BCUT2D eigenvalue weighted by Gasteiger charge is 2.50. The van der Waals surface area contributed by atoms with Crippen LogP contribution < -0.4 is 18.9 Å². The van der Waals surface area contributed by atoms with Crippen molar-refractivity contribution in [2.75, 3.05) is 27.6 Å². The molecule has 0 saturated carbocycles. The molecule has 2 aromatic carbocycles. The third-order valence-corrected chi connectivity index (χ3v) is 5.67. The maximum absolute atomic E-state index is 12.8. The monoisotopic (exact) mass is 425 g/mol. The molecule has 0 spiro atoms. The quantitative estimate of drug-likeness (QED) is 0.497. The van der Waals surface area contributed by atoms with Gasteiger partial charge < -0.3 is 23.8 Å². The molecule has 0 radical (unpaired) electrons. The van der Waals surface area contributed by atoms with Crippen molar-refractivity contribution in [3.63, 3.8) is 0 Å². The molecule has 2 heterocycles. The van der Waals surface area contributed by atoms with Gasteiger partial charge in [-0.15, -0.1) is 0 Å². The van der Waals surface area contributed by atoms with E-state index in [0.717, 1.165) is 5.56 Å². The van der Waals surface area contributed by atoms with Crippen LogP contribution in [0.5, 0.6) is 23.0 Å². The summed E-state index contributed by atoms with van der Waals surface area (Å²) in [5.74, 6) is -0.396. The van der Waals surface area contributed by atoms with Gasteiger partial charge in [0.05, 0.1) is 20.3 Å². The second-order valence-corrected chi connectivity index (χ2v) is 7.45. The molecule has 2 aromatic rings. The van der Waals surface area contributed by atoms with E-state index in [1.165, 1.54) is 11.8 Å². The number of fused-ring (bicyclic) bond motifs is 1. The van der Waals surface area contributed by atoms with E-state index in [1.54, 1.807) is 38.5 Å². The molecule has 0 aromatic heterocycles. The van der Waals surface area contributed by atoms with Crippen LogP contribution >= 0.6 is 0 Å². The lowest BCUT2D eigenvalue weighted by Crippen LogP contribution is -2.32. The van der Waals surface area contributed by atoms with Gasteiger partial charge in [-0.1, -0.05) is 12.1 Å². The van der Waals surface area contributed by atoms with E-state index in [2.05, 4.69) is 0 Å². The Kier molecular flexibility index (Phi) is 5.54. The number of benzene rings is 2. The van der Waals surface area contributed by atoms with Gasteiger partial charge in [0.15, 0.2) is 23.0 Å². The molecular weight excluding hydrogens is 402 g/mol. The van der Waals surface area contributed by atoms with Crippen molar-refractivity contribution in [2.24, 2.45) is 5.92 Å². The molecule has 1 saturated heterocycles. The number of carbonyl (C=O) groups excluding carboxylic acids is 3. The zero-order valence-corrected chi connectivity index (χ0v) is 17.5. The minimum Gasteiger partial charge on any atom is -0.493 e. The minimum absolute atomic E-state index is 0.112. The van der Waals surface area contributed by atoms with E-state index in [9.17, 15) is 14.4 Å². The van der Waals surface area contributed by atoms with Gasteiger partial charge in [-0.25, -0.2) is 0 Å². The summed E-state index contributed by atoms with van der Waals surface area (Å²) < 4.78 is 21.4. The van der Waals surface area contributed by atoms with E-state index in [1.807, 2.05) is 12.1 Å². The maximum atomic E-state index is 12.8. The fourth-order valence-electron chi connectivity index (χ4n) is 4.13. The summed E-state index contributed by atoms with van der Waals surface area (Å²) in [4.78, 5) is 39.3. The molecular formula is C23H23NO7. The highest BCUT2D eigenvalue weighted by atomic mass is 16.7. The normalized spacial score (nSPS) is 19.6. The summed E-state index contributed by atoms with van der Waals surface area (Å²) >= 11 is 0. The molecule has 1 amide bonds. The van der Waals surface area contributed by atoms with Gasteiger partial charge >= 0.3 is 0 Å². The molecule has 2 aliphatic rings. The van der Waals surface area contributed by atoms with Gasteiger partial charge in [0, 0.05) is 6.54 Å². The van der Waals surface area contributed by atoms with Crippen LogP contribution in [0.15, 0.2) is 36.4 Å². The third kappa shape index (κ3) is 3.69. The summed E-state index contributed by atoms with van der Waals surface area (Å²) in [7, 11) is 3.11. The van der Waals surface area contributed by atoms with Crippen LogP contribution in [-0.2, 0) is 20.8 Å². The largest absolute Gasteiger partial charge is 0.493 e. The zero-order chi connectivity index (χ0) is 22.1. The Hall–Kier alpha value is -3.55. The molecule has 4 rings (SSSR count). The van der Waals surface area contributed by atoms with E-state index < -0.39 is 23.7 Å². The molecule has 8 nitrogen and oxygen atoms in total. The maximum Gasteiger partial charge on any atom is 0.291 e. The summed E-state index contributed by atoms with van der Waals surface area (Å²) in [6.07, 6.45) is 0.477. The Bertz CT molecular complexity index is 1050. The third-order valence-electron chi connectivity index (χ3n) is 5.67. The molecule has 1 fully saturated rings. The lowest BCUT2D eigenvalue weighted by molar-refractivity contribution is -0.142. The van der Waals surface area contributed by atoms with Crippen molar-refractivity contribution in [2.45, 2.75) is 19.4 Å². The summed E-state index contributed by atoms with van der Waals surface area (Å²) in [5.41, 5.74) is 1.57. The standard InChI is InChI=1S/C23H23NO7/c1-13(25)20-21(15-5-7-17-19(11-15)31-12-30-17)24(23(27)22(20)26)9-8-14-4-6-16(28-2)18(10-14)29-3/h4-7,10-11,20-21H,8-9,12H2,1-3H3. The smallest absolute Gasteiger partial charge is 0.291 e. The average molecular weight is 425 g/mol. The number of ketones is 2. The first-order chi connectivity index (χ1) is 14.9. The van der Waals surface area contributed by atoms with Crippen LogP contribution in [0.1, 0.15) is 24.1 Å². The lowest BCUT2D eigenvalue weighted by atomic mass is 9.89. The molecule has 2 aliphatic heterocycles. The number of rotatable bonds is 7. The molecule has 0 N–H and O–H groups in total. The fraction of sp³-hybridized carbons (Fsp3) is 0.348. The number of Topliss-reactive ketones (excluding diaryl/α,β-unsaturated/α-hetero) is 2. The average Bonchev–Trinajstić information content (AvgIpc) is 3.34. The highest BCUT2D eigenvalue weighted by Crippen LogP contribution is 2.41. The molecule has 0 aliphatic carbocycles. The van der Waals surface area contributed by atoms with Gasteiger partial charge in [-0.3, -0.25) is 14.4 Å². The van der Waals surface area contributed by atoms with Crippen LogP contribution in [0, 0.1) is 5.92 Å². The Morgan fingerprint density at radius 3 is 2.48 bits per heavy atom. The Morgan fingerprint density at radius 1 is 1.03 bits per heavy atom. The van der Waals surface area contributed by atoms with Crippen molar-refractivity contribution in [3.8, 4) is 23.0 Å². The topological polar surface area (TPSA) is 91.4 Å². The number of hydrogen-bond acceptors (Lipinski definition) is 7. The first-order valence-electron chi connectivity index (χ1n) is 9.90. The number of amides is 1. The Morgan fingerprint density at radius 2 is 1.77 bits per heavy atom. The SMILES string of the molecule is COc1ccc(CCN2C(=O)C(=O)C(C(C)=O)C2c2ccc3c(c2)OCO3)cc1OC. The number of hydrogen-bond donors (Lipinski definition) is 0. The van der Waals surface area contributed by atoms with Crippen LogP contribution in [0.3, 0.4) is 0 Å². The Balaban J connectivity index is 1.63. The molecule has 31 heavy (non-hydrogen) atoms. The first-order valence-corrected chi connectivity index (χ1v) is 9.90. The van der Waals surface area contributed by atoms with E-state index in [-0.39, 0.29) is 19.1 Å². The predicted molar refractivity (Wildman–Crippen MR) is 109 cm³/mol. The van der Waals surface area contributed by atoms with E-state index in [4.69, 9.17) is 18.9 Å². The number of likely N-dealkylation sites (tertiary alicyclic amines) is 1. The van der Waals surface area contributed by atoms with Gasteiger partial charge in [0.1, 0.15) is 11.7 Å². The summed E-state index contributed by atoms with van der Waals surface area (Å²) in [6.45, 7) is 1.72. The summed E-state index contributed by atoms with van der Waals surface area (Å²) in [5, 5.41) is 0. The molecule has 162 valence electrons.